The fourth-order valence-corrected chi connectivity index (χ4v) is 2.58. The third kappa shape index (κ3) is 3.19. The van der Waals surface area contributed by atoms with Gasteiger partial charge in [0.05, 0.1) is 19.1 Å². The van der Waals surface area contributed by atoms with Gasteiger partial charge >= 0.3 is 5.97 Å². The molecule has 0 N–H and O–H groups in total. The number of hydrogen-bond acceptors (Lipinski definition) is 3. The minimum atomic E-state index is -0.344. The second-order valence-corrected chi connectivity index (χ2v) is 5.52. The normalized spacial score (nSPS) is 25.8. The van der Waals surface area contributed by atoms with Crippen LogP contribution in [0.5, 0.6) is 0 Å². The maximum atomic E-state index is 12.2. The van der Waals surface area contributed by atoms with Crippen molar-refractivity contribution < 1.29 is 14.7 Å². The number of hydroxylamine groups is 2. The Bertz CT molecular complexity index is 265. The van der Waals surface area contributed by atoms with Crippen molar-refractivity contribution in [3.8, 4) is 0 Å². The summed E-state index contributed by atoms with van der Waals surface area (Å²) in [5.41, 5.74) is -0.344. The third-order valence-corrected chi connectivity index (χ3v) is 3.79. The van der Waals surface area contributed by atoms with Gasteiger partial charge in [-0.3, -0.25) is 4.79 Å². The smallest absolute Gasteiger partial charge is 0.310 e. The molecular weight excluding hydrogens is 218 g/mol. The Morgan fingerprint density at radius 3 is 2.59 bits per heavy atom. The molecule has 0 bridgehead atoms. The maximum Gasteiger partial charge on any atom is 0.310 e. The molecule has 1 heterocycles. The molecule has 4 heteroatoms. The van der Waals surface area contributed by atoms with E-state index < -0.39 is 0 Å². The van der Waals surface area contributed by atoms with Crippen LogP contribution in [0.25, 0.3) is 0 Å². The molecule has 1 aliphatic heterocycles. The summed E-state index contributed by atoms with van der Waals surface area (Å²) in [5, 5.41) is 13.3. The lowest BCUT2D eigenvalue weighted by molar-refractivity contribution is -0.231. The van der Waals surface area contributed by atoms with E-state index in [1.54, 1.807) is 0 Å². The Hall–Kier alpha value is -0.610. The van der Waals surface area contributed by atoms with E-state index in [0.717, 1.165) is 37.2 Å². The first-order valence-electron chi connectivity index (χ1n) is 6.48. The molecule has 1 radical (unpaired) electrons. The highest BCUT2D eigenvalue weighted by Crippen LogP contribution is 2.37. The molecule has 1 fully saturated rings. The highest BCUT2D eigenvalue weighted by molar-refractivity contribution is 5.73. The molecule has 4 nitrogen and oxygen atoms in total. The molecule has 0 spiro atoms. The number of esters is 1. The van der Waals surface area contributed by atoms with Crippen molar-refractivity contribution in [3.05, 3.63) is 0 Å². The molecule has 1 rings (SSSR count). The van der Waals surface area contributed by atoms with Crippen molar-refractivity contribution in [2.24, 2.45) is 5.92 Å². The van der Waals surface area contributed by atoms with Crippen LogP contribution in [0.3, 0.4) is 0 Å². The zero-order valence-electron chi connectivity index (χ0n) is 11.4. The molecule has 0 aromatic carbocycles. The third-order valence-electron chi connectivity index (χ3n) is 3.79. The Labute approximate surface area is 104 Å². The predicted octanol–water partition coefficient (Wildman–Crippen LogP) is 2.55. The van der Waals surface area contributed by atoms with E-state index in [2.05, 4.69) is 6.92 Å². The van der Waals surface area contributed by atoms with E-state index >= 15 is 0 Å². The average Bonchev–Trinajstić information content (AvgIpc) is 2.56. The summed E-state index contributed by atoms with van der Waals surface area (Å²) in [6.07, 6.45) is 4.39. The van der Waals surface area contributed by atoms with Gasteiger partial charge < -0.3 is 4.74 Å². The molecular formula is C13H24NO3. The lowest BCUT2D eigenvalue weighted by Crippen LogP contribution is -2.44. The van der Waals surface area contributed by atoms with E-state index in [4.69, 9.17) is 4.74 Å². The van der Waals surface area contributed by atoms with Crippen molar-refractivity contribution in [1.29, 1.82) is 0 Å². The molecule has 0 aromatic heterocycles. The van der Waals surface area contributed by atoms with Crippen molar-refractivity contribution in [2.75, 3.05) is 7.11 Å². The molecule has 99 valence electrons. The van der Waals surface area contributed by atoms with Crippen LogP contribution in [0, 0.1) is 5.92 Å². The van der Waals surface area contributed by atoms with Crippen LogP contribution in [-0.2, 0) is 14.7 Å². The van der Waals surface area contributed by atoms with Crippen LogP contribution in [-0.4, -0.2) is 29.7 Å². The zero-order chi connectivity index (χ0) is 13.1. The largest absolute Gasteiger partial charge is 0.469 e. The quantitative estimate of drug-likeness (QED) is 0.696. The Morgan fingerprint density at radius 2 is 2.18 bits per heavy atom. The highest BCUT2D eigenvalue weighted by atomic mass is 16.5. The lowest BCUT2D eigenvalue weighted by Gasteiger charge is -2.30. The molecule has 0 aromatic rings. The fourth-order valence-electron chi connectivity index (χ4n) is 2.58. The van der Waals surface area contributed by atoms with Gasteiger partial charge in [0.25, 0.3) is 0 Å². The van der Waals surface area contributed by atoms with Gasteiger partial charge in [0, 0.05) is 5.54 Å². The van der Waals surface area contributed by atoms with E-state index in [1.807, 2.05) is 13.8 Å². The molecule has 2 unspecified atom stereocenters. The topological polar surface area (TPSA) is 49.4 Å². The van der Waals surface area contributed by atoms with Gasteiger partial charge in [0.2, 0.25) is 0 Å². The molecule has 0 amide bonds. The fraction of sp³-hybridized carbons (Fsp3) is 0.923. The summed E-state index contributed by atoms with van der Waals surface area (Å²) in [4.78, 5) is 11.8. The number of rotatable bonds is 5. The summed E-state index contributed by atoms with van der Waals surface area (Å²) in [7, 11) is 1.40. The molecule has 17 heavy (non-hydrogen) atoms. The number of unbranched alkanes of at least 4 members (excludes halogenated alkanes) is 1. The predicted molar refractivity (Wildman–Crippen MR) is 64.7 cm³/mol. The van der Waals surface area contributed by atoms with Gasteiger partial charge in [-0.2, -0.15) is 0 Å². The van der Waals surface area contributed by atoms with Gasteiger partial charge in [0.1, 0.15) is 0 Å². The van der Waals surface area contributed by atoms with Crippen LogP contribution in [0.1, 0.15) is 52.9 Å². The SMILES string of the molecule is CCCCC(C(=O)OC)C1CCC(C)(C)N1[O]. The highest BCUT2D eigenvalue weighted by Gasteiger charge is 2.45. The monoisotopic (exact) mass is 242 g/mol. The number of hydrogen-bond donors (Lipinski definition) is 0. The maximum absolute atomic E-state index is 12.2. The van der Waals surface area contributed by atoms with Crippen LogP contribution < -0.4 is 0 Å². The Balaban J connectivity index is 2.74. The van der Waals surface area contributed by atoms with Gasteiger partial charge in [-0.25, -0.2) is 0 Å². The van der Waals surface area contributed by atoms with E-state index in [1.165, 1.54) is 7.11 Å². The van der Waals surface area contributed by atoms with Crippen molar-refractivity contribution in [2.45, 2.75) is 64.5 Å². The van der Waals surface area contributed by atoms with Crippen LogP contribution in [0.4, 0.5) is 0 Å². The van der Waals surface area contributed by atoms with Crippen molar-refractivity contribution in [1.82, 2.24) is 5.06 Å². The van der Waals surface area contributed by atoms with Gasteiger partial charge in [-0.15, -0.1) is 10.3 Å². The molecule has 1 aliphatic rings. The lowest BCUT2D eigenvalue weighted by atomic mass is 9.92. The van der Waals surface area contributed by atoms with E-state index in [9.17, 15) is 10.0 Å². The summed E-state index contributed by atoms with van der Waals surface area (Å²) >= 11 is 0. The van der Waals surface area contributed by atoms with Crippen LogP contribution in [0.2, 0.25) is 0 Å². The number of carbonyl (C=O) groups is 1. The minimum absolute atomic E-state index is 0.205. The number of nitrogens with zero attached hydrogens (tertiary/aromatic N) is 1. The van der Waals surface area contributed by atoms with Crippen LogP contribution in [0.15, 0.2) is 0 Å². The zero-order valence-corrected chi connectivity index (χ0v) is 11.4. The van der Waals surface area contributed by atoms with Crippen LogP contribution >= 0.6 is 0 Å². The number of methoxy groups -OCH3 is 1. The van der Waals surface area contributed by atoms with E-state index in [0.29, 0.717) is 0 Å². The standard InChI is InChI=1S/C13H24NO3/c1-5-6-7-10(12(15)17-4)11-8-9-13(2,3)14(11)16/h10-11H,5-9H2,1-4H3. The Kier molecular flexibility index (Phi) is 4.95. The summed E-state index contributed by atoms with van der Waals surface area (Å²) < 4.78 is 4.83. The first-order chi connectivity index (χ1) is 7.94. The molecule has 0 aliphatic carbocycles. The molecule has 1 saturated heterocycles. The summed E-state index contributed by atoms with van der Waals surface area (Å²) in [6, 6.07) is -0.205. The molecule has 2 atom stereocenters. The van der Waals surface area contributed by atoms with Gasteiger partial charge in [-0.1, -0.05) is 19.8 Å². The Morgan fingerprint density at radius 1 is 1.53 bits per heavy atom. The molecule has 0 saturated carbocycles. The average molecular weight is 242 g/mol. The van der Waals surface area contributed by atoms with Crippen molar-refractivity contribution >= 4 is 5.97 Å². The minimum Gasteiger partial charge on any atom is -0.469 e. The second kappa shape index (κ2) is 5.83. The summed E-state index contributed by atoms with van der Waals surface area (Å²) in [5.74, 6) is -0.499. The number of carbonyl (C=O) groups excluding carboxylic acids is 1. The first kappa shape index (κ1) is 14.5. The first-order valence-corrected chi connectivity index (χ1v) is 6.48. The summed E-state index contributed by atoms with van der Waals surface area (Å²) in [6.45, 7) is 5.96. The van der Waals surface area contributed by atoms with Gasteiger partial charge in [-0.05, 0) is 33.1 Å². The second-order valence-electron chi connectivity index (χ2n) is 5.52. The van der Waals surface area contributed by atoms with Gasteiger partial charge in [0.15, 0.2) is 0 Å². The number of ether oxygens (including phenoxy) is 1. The van der Waals surface area contributed by atoms with Crippen molar-refractivity contribution in [3.63, 3.8) is 0 Å². The van der Waals surface area contributed by atoms with E-state index in [-0.39, 0.29) is 23.5 Å².